The van der Waals surface area contributed by atoms with Gasteiger partial charge in [0.1, 0.15) is 30.5 Å². The monoisotopic (exact) mass is 572 g/mol. The van der Waals surface area contributed by atoms with Gasteiger partial charge in [0, 0.05) is 12.6 Å². The van der Waals surface area contributed by atoms with Gasteiger partial charge in [-0.1, -0.05) is 32.9 Å². The van der Waals surface area contributed by atoms with Crippen LogP contribution in [-0.2, 0) is 19.2 Å². The van der Waals surface area contributed by atoms with Gasteiger partial charge in [-0.25, -0.2) is 0 Å². The summed E-state index contributed by atoms with van der Waals surface area (Å²) in [5, 5.41) is 13.7. The summed E-state index contributed by atoms with van der Waals surface area (Å²) in [6, 6.07) is 3.30. The largest absolute Gasteiger partial charge is 0.491 e. The van der Waals surface area contributed by atoms with Crippen LogP contribution in [0.1, 0.15) is 64.2 Å². The van der Waals surface area contributed by atoms with Gasteiger partial charge < -0.3 is 31.3 Å². The van der Waals surface area contributed by atoms with Gasteiger partial charge in [-0.15, -0.1) is 0 Å². The van der Waals surface area contributed by atoms with E-state index in [2.05, 4.69) is 38.4 Å². The number of likely N-dealkylation sites (tertiary alicyclic amines) is 1. The Morgan fingerprint density at radius 1 is 1.05 bits per heavy atom. The minimum atomic E-state index is -1.19. The van der Waals surface area contributed by atoms with Crippen molar-refractivity contribution in [3.63, 3.8) is 0 Å². The third kappa shape index (κ3) is 8.91. The van der Waals surface area contributed by atoms with Crippen LogP contribution < -0.4 is 31.3 Å². The van der Waals surface area contributed by atoms with Crippen LogP contribution in [0.2, 0.25) is 0 Å². The summed E-state index contributed by atoms with van der Waals surface area (Å²) in [6.45, 7) is 11.2. The van der Waals surface area contributed by atoms with Gasteiger partial charge in [0.25, 0.3) is 5.91 Å². The van der Waals surface area contributed by atoms with Crippen LogP contribution >= 0.6 is 0 Å². The lowest BCUT2D eigenvalue weighted by molar-refractivity contribution is -0.133. The third-order valence-electron chi connectivity index (χ3n) is 7.46. The summed E-state index contributed by atoms with van der Waals surface area (Å²) in [6.07, 6.45) is 1.62. The van der Waals surface area contributed by atoms with Crippen molar-refractivity contribution in [3.05, 3.63) is 29.8 Å². The highest BCUT2D eigenvalue weighted by molar-refractivity contribution is 6.01. The molecule has 12 nitrogen and oxygen atoms in total. The number of para-hydroxylation sites is 1. The smallest absolute Gasteiger partial charge is 0.255 e. The lowest BCUT2D eigenvalue weighted by Gasteiger charge is -2.26. The molecule has 2 aliphatic rings. The molecule has 1 aromatic carbocycles. The fraction of sp³-hybridized carbons (Fsp3) is 0.621. The molecule has 2 aliphatic heterocycles. The number of nitrogens with one attached hydrogen (secondary N) is 5. The molecule has 0 saturated carbocycles. The molecule has 226 valence electrons. The number of ether oxygens (including phenoxy) is 1. The van der Waals surface area contributed by atoms with Crippen molar-refractivity contribution >= 4 is 29.5 Å². The molecule has 12 heteroatoms. The predicted molar refractivity (Wildman–Crippen MR) is 153 cm³/mol. The van der Waals surface area contributed by atoms with E-state index in [4.69, 9.17) is 4.74 Å². The van der Waals surface area contributed by atoms with Crippen molar-refractivity contribution in [2.75, 3.05) is 26.2 Å². The number of carbonyl (C=O) groups is 5. The normalized spacial score (nSPS) is 27.0. The number of benzene rings is 1. The molecule has 5 N–H and O–H groups in total. The van der Waals surface area contributed by atoms with Gasteiger partial charge in [0.2, 0.25) is 23.6 Å². The Hall–Kier alpha value is -3.67. The maximum atomic E-state index is 13.4. The van der Waals surface area contributed by atoms with Crippen LogP contribution in [-0.4, -0.2) is 90.9 Å². The molecule has 0 unspecified atom stereocenters. The number of likely N-dealkylation sites (N-methyl/N-ethyl adjacent to an activating group) is 1. The Balaban J connectivity index is 1.86. The zero-order valence-electron chi connectivity index (χ0n) is 24.6. The summed E-state index contributed by atoms with van der Waals surface area (Å²) in [5.74, 6) is -2.57. The number of rotatable bonds is 5. The highest BCUT2D eigenvalue weighted by Crippen LogP contribution is 2.19. The van der Waals surface area contributed by atoms with E-state index in [1.165, 1.54) is 6.92 Å². The first-order valence-electron chi connectivity index (χ1n) is 14.4. The number of hydrogen-bond acceptors (Lipinski definition) is 7. The molecule has 0 radical (unpaired) electrons. The van der Waals surface area contributed by atoms with Crippen molar-refractivity contribution < 1.29 is 28.7 Å². The first-order valence-corrected chi connectivity index (χ1v) is 14.4. The molecule has 5 amide bonds. The first-order chi connectivity index (χ1) is 19.5. The van der Waals surface area contributed by atoms with Gasteiger partial charge in [0.05, 0.1) is 18.0 Å². The highest BCUT2D eigenvalue weighted by Gasteiger charge is 2.31. The molecule has 0 bridgehead atoms. The van der Waals surface area contributed by atoms with E-state index in [1.807, 2.05) is 0 Å². The Kier molecular flexibility index (Phi) is 11.5. The van der Waals surface area contributed by atoms with Gasteiger partial charge in [0.15, 0.2) is 0 Å². The van der Waals surface area contributed by atoms with Crippen molar-refractivity contribution in [2.24, 2.45) is 5.92 Å². The molecule has 3 rings (SSSR count). The zero-order chi connectivity index (χ0) is 30.1. The van der Waals surface area contributed by atoms with Crippen LogP contribution in [0.25, 0.3) is 0 Å². The maximum Gasteiger partial charge on any atom is 0.255 e. The lowest BCUT2D eigenvalue weighted by Crippen LogP contribution is -2.56. The average molecular weight is 573 g/mol. The summed E-state index contributed by atoms with van der Waals surface area (Å²) in [7, 11) is 0. The second-order valence-corrected chi connectivity index (χ2v) is 11.1. The van der Waals surface area contributed by atoms with E-state index in [0.717, 1.165) is 25.9 Å². The molecule has 1 aromatic rings. The first kappa shape index (κ1) is 31.9. The predicted octanol–water partition coefficient (Wildman–Crippen LogP) is 0.318. The zero-order valence-corrected chi connectivity index (χ0v) is 24.6. The maximum absolute atomic E-state index is 13.4. The summed E-state index contributed by atoms with van der Waals surface area (Å²) in [4.78, 5) is 67.8. The Bertz CT molecular complexity index is 1110. The molecule has 1 saturated heterocycles. The topological polar surface area (TPSA) is 158 Å². The minimum absolute atomic E-state index is 0.0600. The van der Waals surface area contributed by atoms with E-state index in [9.17, 15) is 24.0 Å². The van der Waals surface area contributed by atoms with E-state index in [0.29, 0.717) is 6.54 Å². The molecule has 5 atom stereocenters. The molecular formula is C29H44N6O6. The second-order valence-electron chi connectivity index (χ2n) is 11.1. The molecule has 0 aromatic heterocycles. The summed E-state index contributed by atoms with van der Waals surface area (Å²) >= 11 is 0. The van der Waals surface area contributed by atoms with Gasteiger partial charge in [-0.3, -0.25) is 28.9 Å². The highest BCUT2D eigenvalue weighted by atomic mass is 16.5. The lowest BCUT2D eigenvalue weighted by atomic mass is 10.0. The van der Waals surface area contributed by atoms with Gasteiger partial charge in [-0.2, -0.15) is 0 Å². The molecule has 41 heavy (non-hydrogen) atoms. The standard InChI is InChI=1S/C29H44N6O6/c1-6-35-13-9-10-20(35)15-30-28(39)22-14-24(36)32-19(5)26(37)34-25(17(2)3)29(40)31-18(4)16-41-23-12-8-7-11-21(23)27(38)33-22/h7-8,11-12,17-20,22,25H,6,9-10,13-16H2,1-5H3,(H,30,39)(H,31,40)(H,32,36)(H,33,38)(H,34,37)/t18-,19-,20-,22-,25+/m0/s1. The molecule has 0 aliphatic carbocycles. The van der Waals surface area contributed by atoms with Crippen LogP contribution in [0.3, 0.4) is 0 Å². The van der Waals surface area contributed by atoms with Crippen molar-refractivity contribution in [3.8, 4) is 5.75 Å². The fourth-order valence-electron chi connectivity index (χ4n) is 5.06. The quantitative estimate of drug-likeness (QED) is 0.340. The van der Waals surface area contributed by atoms with Gasteiger partial charge >= 0.3 is 0 Å². The van der Waals surface area contributed by atoms with Gasteiger partial charge in [-0.05, 0) is 57.8 Å². The van der Waals surface area contributed by atoms with Crippen LogP contribution in [0.15, 0.2) is 24.3 Å². The number of amides is 5. The summed E-state index contributed by atoms with van der Waals surface area (Å²) in [5.41, 5.74) is 0.187. The molecular weight excluding hydrogens is 528 g/mol. The van der Waals surface area contributed by atoms with Crippen molar-refractivity contribution in [1.82, 2.24) is 31.5 Å². The van der Waals surface area contributed by atoms with Crippen molar-refractivity contribution in [1.29, 1.82) is 0 Å². The van der Waals surface area contributed by atoms with Crippen LogP contribution in [0.5, 0.6) is 5.75 Å². The number of nitrogens with zero attached hydrogens (tertiary/aromatic N) is 1. The Morgan fingerprint density at radius 2 is 1.78 bits per heavy atom. The molecule has 1 fully saturated rings. The Morgan fingerprint density at radius 3 is 2.49 bits per heavy atom. The van der Waals surface area contributed by atoms with E-state index < -0.39 is 47.8 Å². The number of hydrogen-bond donors (Lipinski definition) is 5. The average Bonchev–Trinajstić information content (AvgIpc) is 3.39. The van der Waals surface area contributed by atoms with Crippen LogP contribution in [0, 0.1) is 5.92 Å². The van der Waals surface area contributed by atoms with Crippen LogP contribution in [0.4, 0.5) is 0 Å². The molecule has 2 heterocycles. The number of fused-ring (bicyclic) bond motifs is 1. The van der Waals surface area contributed by atoms with E-state index in [-0.39, 0.29) is 42.2 Å². The van der Waals surface area contributed by atoms with E-state index >= 15 is 0 Å². The summed E-state index contributed by atoms with van der Waals surface area (Å²) < 4.78 is 5.89. The fourth-order valence-corrected chi connectivity index (χ4v) is 5.06. The Labute approximate surface area is 241 Å². The van der Waals surface area contributed by atoms with Crippen molar-refractivity contribution in [2.45, 2.75) is 84.1 Å². The number of carbonyl (C=O) groups excluding carboxylic acids is 5. The minimum Gasteiger partial charge on any atom is -0.491 e. The second kappa shape index (κ2) is 14.8. The SMILES string of the molecule is CCN1CCC[C@H]1CNC(=O)[C@@H]1CC(=O)N[C@@H](C)C(=O)N[C@H](C(C)C)C(=O)N[C@@H](C)COc2ccccc2C(=O)N1. The van der Waals surface area contributed by atoms with E-state index in [1.54, 1.807) is 45.0 Å². The molecule has 0 spiro atoms. The third-order valence-corrected chi connectivity index (χ3v) is 7.46.